The Bertz CT molecular complexity index is 345. The van der Waals surface area contributed by atoms with Gasteiger partial charge < -0.3 is 18.9 Å². The van der Waals surface area contributed by atoms with Crippen molar-refractivity contribution in [3.05, 3.63) is 11.1 Å². The zero-order valence-corrected chi connectivity index (χ0v) is 10.6. The highest BCUT2D eigenvalue weighted by molar-refractivity contribution is 5.79. The molecular weight excluding hydrogens is 224 g/mol. The average Bonchev–Trinajstić information content (AvgIpc) is 2.69. The minimum absolute atomic E-state index is 0.0798. The second-order valence-corrected chi connectivity index (χ2v) is 4.53. The molecule has 0 spiro atoms. The van der Waals surface area contributed by atoms with Gasteiger partial charge in [-0.05, 0) is 19.4 Å². The Morgan fingerprint density at radius 1 is 1.29 bits per heavy atom. The van der Waals surface area contributed by atoms with Crippen LogP contribution in [0.1, 0.15) is 13.8 Å². The summed E-state index contributed by atoms with van der Waals surface area (Å²) in [6.45, 7) is 4.23. The lowest BCUT2D eigenvalue weighted by atomic mass is 9.83. The number of esters is 1. The van der Waals surface area contributed by atoms with Crippen LogP contribution in [0.3, 0.4) is 0 Å². The van der Waals surface area contributed by atoms with Crippen LogP contribution in [0.4, 0.5) is 0 Å². The van der Waals surface area contributed by atoms with E-state index in [0.717, 1.165) is 11.1 Å². The van der Waals surface area contributed by atoms with Gasteiger partial charge in [-0.3, -0.25) is 4.79 Å². The van der Waals surface area contributed by atoms with Crippen LogP contribution < -0.4 is 0 Å². The molecule has 2 heterocycles. The molecule has 5 heteroatoms. The lowest BCUT2D eigenvalue weighted by Crippen LogP contribution is -2.45. The van der Waals surface area contributed by atoms with Crippen molar-refractivity contribution in [1.29, 1.82) is 0 Å². The van der Waals surface area contributed by atoms with Crippen molar-refractivity contribution < 1.29 is 23.7 Å². The number of rotatable bonds is 2. The number of hydrogen-bond donors (Lipinski definition) is 0. The van der Waals surface area contributed by atoms with Gasteiger partial charge >= 0.3 is 5.97 Å². The highest BCUT2D eigenvalue weighted by atomic mass is 16.8. The summed E-state index contributed by atoms with van der Waals surface area (Å²) in [5, 5.41) is 0. The van der Waals surface area contributed by atoms with E-state index in [1.807, 2.05) is 13.8 Å². The van der Waals surface area contributed by atoms with Gasteiger partial charge in [0.05, 0.1) is 11.8 Å². The number of hydrogen-bond acceptors (Lipinski definition) is 5. The first kappa shape index (κ1) is 12.5. The largest absolute Gasteiger partial charge is 0.465 e. The fourth-order valence-electron chi connectivity index (χ4n) is 2.53. The van der Waals surface area contributed by atoms with E-state index in [4.69, 9.17) is 18.9 Å². The highest BCUT2D eigenvalue weighted by Gasteiger charge is 2.51. The Hall–Kier alpha value is -0.910. The third-order valence-electron chi connectivity index (χ3n) is 3.32. The summed E-state index contributed by atoms with van der Waals surface area (Å²) in [6, 6.07) is 0. The predicted octanol–water partition coefficient (Wildman–Crippen LogP) is 1.09. The highest BCUT2D eigenvalue weighted by Crippen LogP contribution is 2.41. The lowest BCUT2D eigenvalue weighted by molar-refractivity contribution is -0.256. The van der Waals surface area contributed by atoms with Gasteiger partial charge in [-0.1, -0.05) is 5.57 Å². The molecule has 0 N–H and O–H groups in total. The fraction of sp³-hybridized carbons (Fsp3) is 0.750. The van der Waals surface area contributed by atoms with E-state index in [9.17, 15) is 4.79 Å². The molecule has 2 aliphatic heterocycles. The maximum Gasteiger partial charge on any atom is 0.313 e. The molecule has 0 bridgehead atoms. The molecule has 2 fully saturated rings. The monoisotopic (exact) mass is 242 g/mol. The molecule has 0 radical (unpaired) electrons. The number of cyclic esters (lactones) is 1. The average molecular weight is 242 g/mol. The van der Waals surface area contributed by atoms with Gasteiger partial charge in [-0.2, -0.15) is 0 Å². The van der Waals surface area contributed by atoms with Crippen LogP contribution in [0, 0.1) is 11.8 Å². The number of allylic oxidation sites excluding steroid dienone is 1. The molecule has 0 saturated carbocycles. The van der Waals surface area contributed by atoms with Crippen LogP contribution in [0.2, 0.25) is 0 Å². The summed E-state index contributed by atoms with van der Waals surface area (Å²) in [5.41, 5.74) is 1.90. The van der Waals surface area contributed by atoms with Gasteiger partial charge in [0, 0.05) is 14.2 Å². The zero-order chi connectivity index (χ0) is 12.6. The van der Waals surface area contributed by atoms with Crippen LogP contribution >= 0.6 is 0 Å². The summed E-state index contributed by atoms with van der Waals surface area (Å²) in [4.78, 5) is 11.8. The first-order valence-electron chi connectivity index (χ1n) is 5.65. The summed E-state index contributed by atoms with van der Waals surface area (Å²) in [6.07, 6.45) is -0.989. The van der Waals surface area contributed by atoms with E-state index in [1.165, 1.54) is 0 Å². The molecule has 2 saturated heterocycles. The van der Waals surface area contributed by atoms with Gasteiger partial charge in [0.1, 0.15) is 6.61 Å². The van der Waals surface area contributed by atoms with Gasteiger partial charge in [0.15, 0.2) is 12.6 Å². The van der Waals surface area contributed by atoms with E-state index in [0.29, 0.717) is 6.61 Å². The van der Waals surface area contributed by atoms with Crippen molar-refractivity contribution in [2.24, 2.45) is 11.8 Å². The molecule has 0 aliphatic carbocycles. The Morgan fingerprint density at radius 2 is 2.00 bits per heavy atom. The van der Waals surface area contributed by atoms with Crippen LogP contribution in [0.15, 0.2) is 11.1 Å². The maximum atomic E-state index is 11.8. The molecule has 0 aromatic carbocycles. The lowest BCUT2D eigenvalue weighted by Gasteiger charge is -2.37. The van der Waals surface area contributed by atoms with Crippen molar-refractivity contribution in [3.8, 4) is 0 Å². The van der Waals surface area contributed by atoms with Crippen molar-refractivity contribution in [1.82, 2.24) is 0 Å². The van der Waals surface area contributed by atoms with E-state index >= 15 is 0 Å². The van der Waals surface area contributed by atoms with Crippen molar-refractivity contribution in [2.75, 3.05) is 20.8 Å². The standard InChI is InChI=1S/C12H18O5/c1-6(2)8-9-7(5-16-10(9)13)11(14-3)17-12(8)15-4/h7,9,11-12H,5H2,1-4H3/t7-,9+,11?,12?/m0/s1. The number of methoxy groups -OCH3 is 2. The fourth-order valence-corrected chi connectivity index (χ4v) is 2.53. The second kappa shape index (κ2) is 4.76. The van der Waals surface area contributed by atoms with E-state index < -0.39 is 12.6 Å². The van der Waals surface area contributed by atoms with Crippen molar-refractivity contribution in [2.45, 2.75) is 26.4 Å². The van der Waals surface area contributed by atoms with Gasteiger partial charge in [0.25, 0.3) is 0 Å². The van der Waals surface area contributed by atoms with E-state index in [-0.39, 0.29) is 17.8 Å². The molecule has 0 aromatic rings. The predicted molar refractivity (Wildman–Crippen MR) is 59.0 cm³/mol. The topological polar surface area (TPSA) is 54.0 Å². The van der Waals surface area contributed by atoms with E-state index in [1.54, 1.807) is 14.2 Å². The SMILES string of the molecule is COC1OC(OC)[C@H]2COC(=O)[C@H]2C1=C(C)C. The molecular formula is C12H18O5. The Morgan fingerprint density at radius 3 is 2.53 bits per heavy atom. The molecule has 17 heavy (non-hydrogen) atoms. The minimum Gasteiger partial charge on any atom is -0.465 e. The molecule has 96 valence electrons. The number of fused-ring (bicyclic) bond motifs is 1. The van der Waals surface area contributed by atoms with Gasteiger partial charge in [-0.25, -0.2) is 0 Å². The van der Waals surface area contributed by atoms with Gasteiger partial charge in [-0.15, -0.1) is 0 Å². The van der Waals surface area contributed by atoms with Gasteiger partial charge in [0.2, 0.25) is 0 Å². The second-order valence-electron chi connectivity index (χ2n) is 4.53. The maximum absolute atomic E-state index is 11.8. The molecule has 2 aliphatic rings. The van der Waals surface area contributed by atoms with Crippen molar-refractivity contribution in [3.63, 3.8) is 0 Å². The van der Waals surface area contributed by atoms with Crippen LogP contribution in [0.25, 0.3) is 0 Å². The molecule has 4 atom stereocenters. The van der Waals surface area contributed by atoms with E-state index in [2.05, 4.69) is 0 Å². The summed E-state index contributed by atoms with van der Waals surface area (Å²) in [7, 11) is 3.12. The Balaban J connectivity index is 2.38. The van der Waals surface area contributed by atoms with Crippen LogP contribution in [0.5, 0.6) is 0 Å². The molecule has 5 nitrogen and oxygen atoms in total. The van der Waals surface area contributed by atoms with Crippen LogP contribution in [-0.2, 0) is 23.7 Å². The summed E-state index contributed by atoms with van der Waals surface area (Å²) < 4.78 is 21.3. The summed E-state index contributed by atoms with van der Waals surface area (Å²) in [5.74, 6) is -0.592. The molecule has 2 rings (SSSR count). The first-order valence-corrected chi connectivity index (χ1v) is 5.65. The number of carbonyl (C=O) groups excluding carboxylic acids is 1. The molecule has 2 unspecified atom stereocenters. The molecule has 0 aromatic heterocycles. The first-order chi connectivity index (χ1) is 8.10. The molecule has 0 amide bonds. The van der Waals surface area contributed by atoms with Crippen molar-refractivity contribution >= 4 is 5.97 Å². The third-order valence-corrected chi connectivity index (χ3v) is 3.32. The minimum atomic E-state index is -0.531. The smallest absolute Gasteiger partial charge is 0.313 e. The Kier molecular flexibility index (Phi) is 3.51. The van der Waals surface area contributed by atoms with Crippen LogP contribution in [-0.4, -0.2) is 39.4 Å². The third kappa shape index (κ3) is 1.99. The zero-order valence-electron chi connectivity index (χ0n) is 10.6. The quantitative estimate of drug-likeness (QED) is 0.536. The Labute approximate surface area is 101 Å². The summed E-state index contributed by atoms with van der Waals surface area (Å²) >= 11 is 0. The normalized spacial score (nSPS) is 36.7. The number of ether oxygens (including phenoxy) is 4. The number of carbonyl (C=O) groups is 1.